The van der Waals surface area contributed by atoms with Crippen LogP contribution in [0.25, 0.3) is 0 Å². The van der Waals surface area contributed by atoms with E-state index in [1.165, 1.54) is 96.3 Å². The van der Waals surface area contributed by atoms with Gasteiger partial charge in [0.1, 0.15) is 12.7 Å². The number of hydrogen-bond acceptors (Lipinski definition) is 6. The highest BCUT2D eigenvalue weighted by molar-refractivity contribution is 5.76. The number of rotatable bonds is 38. The van der Waals surface area contributed by atoms with Crippen LogP contribution < -0.4 is 5.32 Å². The molecule has 0 aliphatic carbocycles. The van der Waals surface area contributed by atoms with Crippen LogP contribution in [-0.2, 0) is 35.2 Å². The number of benzene rings is 1. The summed E-state index contributed by atoms with van der Waals surface area (Å²) in [7, 11) is 0. The fraction of sp³-hybridized carbons (Fsp3) is 0.804. The summed E-state index contributed by atoms with van der Waals surface area (Å²) in [6.07, 6.45) is 30.8. The molecule has 0 aliphatic heterocycles. The van der Waals surface area contributed by atoms with Crippen LogP contribution >= 0.6 is 0 Å². The van der Waals surface area contributed by atoms with Gasteiger partial charge in [0.05, 0.1) is 25.7 Å². The molecule has 1 amide bonds. The number of esters is 2. The van der Waals surface area contributed by atoms with Gasteiger partial charge in [-0.3, -0.25) is 14.4 Å². The van der Waals surface area contributed by atoms with Crippen molar-refractivity contribution in [2.45, 2.75) is 226 Å². The van der Waals surface area contributed by atoms with Crippen molar-refractivity contribution in [3.05, 3.63) is 35.9 Å². The Balaban J connectivity index is 2.55. The van der Waals surface area contributed by atoms with Crippen molar-refractivity contribution in [3.8, 4) is 0 Å². The third-order valence-electron chi connectivity index (χ3n) is 10.1. The van der Waals surface area contributed by atoms with Crippen LogP contribution in [0, 0.1) is 0 Å². The van der Waals surface area contributed by atoms with E-state index in [1.807, 2.05) is 30.3 Å². The molecule has 0 spiro atoms. The van der Waals surface area contributed by atoms with Gasteiger partial charge in [-0.1, -0.05) is 192 Å². The number of unbranched alkanes of at least 4 members (excludes halogenated alkanes) is 22. The zero-order chi connectivity index (χ0) is 38.5. The van der Waals surface area contributed by atoms with Gasteiger partial charge in [-0.25, -0.2) is 0 Å². The highest BCUT2D eigenvalue weighted by Crippen LogP contribution is 2.17. The van der Waals surface area contributed by atoms with E-state index in [0.29, 0.717) is 25.9 Å². The molecular formula is C46H81NO6. The van der Waals surface area contributed by atoms with Gasteiger partial charge in [0.15, 0.2) is 0 Å². The van der Waals surface area contributed by atoms with E-state index in [2.05, 4.69) is 26.1 Å². The van der Waals surface area contributed by atoms with Crippen molar-refractivity contribution in [2.75, 3.05) is 13.2 Å². The second kappa shape index (κ2) is 36.6. The number of amides is 1. The zero-order valence-corrected chi connectivity index (χ0v) is 34.6. The van der Waals surface area contributed by atoms with E-state index in [4.69, 9.17) is 14.2 Å². The lowest BCUT2D eigenvalue weighted by molar-refractivity contribution is -0.156. The Morgan fingerprint density at radius 2 is 1.02 bits per heavy atom. The molecule has 1 aromatic rings. The third-order valence-corrected chi connectivity index (χ3v) is 10.1. The van der Waals surface area contributed by atoms with Crippen LogP contribution in [0.2, 0.25) is 0 Å². The smallest absolute Gasteiger partial charge is 0.309 e. The van der Waals surface area contributed by atoms with Crippen LogP contribution in [-0.4, -0.2) is 43.2 Å². The molecular weight excluding hydrogens is 663 g/mol. The summed E-state index contributed by atoms with van der Waals surface area (Å²) >= 11 is 0. The lowest BCUT2D eigenvalue weighted by atomic mass is 10.1. The van der Waals surface area contributed by atoms with Crippen molar-refractivity contribution < 1.29 is 28.6 Å². The number of carbonyl (C=O) groups is 3. The molecule has 1 aromatic carbocycles. The average molecular weight is 744 g/mol. The predicted molar refractivity (Wildman–Crippen MR) is 220 cm³/mol. The summed E-state index contributed by atoms with van der Waals surface area (Å²) in [5, 5.41) is 3.06. The zero-order valence-electron chi connectivity index (χ0n) is 34.6. The molecule has 2 atom stereocenters. The van der Waals surface area contributed by atoms with Gasteiger partial charge >= 0.3 is 11.9 Å². The molecule has 53 heavy (non-hydrogen) atoms. The quantitative estimate of drug-likeness (QED) is 0.0536. The average Bonchev–Trinajstić information content (AvgIpc) is 3.15. The number of nitrogens with one attached hydrogen (secondary N) is 1. The molecule has 0 aliphatic rings. The molecule has 0 bridgehead atoms. The first-order valence-electron chi connectivity index (χ1n) is 22.2. The molecule has 0 unspecified atom stereocenters. The van der Waals surface area contributed by atoms with E-state index < -0.39 is 18.1 Å². The maximum atomic E-state index is 13.1. The van der Waals surface area contributed by atoms with E-state index in [1.54, 1.807) is 0 Å². The molecule has 0 heterocycles. The van der Waals surface area contributed by atoms with Crippen molar-refractivity contribution >= 4 is 17.8 Å². The molecule has 0 saturated carbocycles. The molecule has 0 fully saturated rings. The first-order chi connectivity index (χ1) is 26.0. The van der Waals surface area contributed by atoms with Crippen molar-refractivity contribution in [1.29, 1.82) is 0 Å². The highest BCUT2D eigenvalue weighted by Gasteiger charge is 2.21. The van der Waals surface area contributed by atoms with Gasteiger partial charge in [-0.2, -0.15) is 0 Å². The molecule has 7 heteroatoms. The molecule has 0 aromatic heterocycles. The Hall–Kier alpha value is -2.41. The van der Waals surface area contributed by atoms with Crippen molar-refractivity contribution in [1.82, 2.24) is 5.32 Å². The fourth-order valence-corrected chi connectivity index (χ4v) is 6.72. The van der Waals surface area contributed by atoms with Crippen molar-refractivity contribution in [3.63, 3.8) is 0 Å². The summed E-state index contributed by atoms with van der Waals surface area (Å²) in [6.45, 7) is 7.35. The van der Waals surface area contributed by atoms with Crippen molar-refractivity contribution in [2.24, 2.45) is 0 Å². The Kier molecular flexibility index (Phi) is 33.5. The van der Waals surface area contributed by atoms with Crippen LogP contribution in [0.1, 0.15) is 213 Å². The summed E-state index contributed by atoms with van der Waals surface area (Å²) in [5.41, 5.74) is 1.04. The lowest BCUT2D eigenvalue weighted by Gasteiger charge is -2.21. The molecule has 0 radical (unpaired) electrons. The predicted octanol–water partition coefficient (Wildman–Crippen LogP) is 12.5. The van der Waals surface area contributed by atoms with Gasteiger partial charge in [-0.05, 0) is 31.2 Å². The maximum Gasteiger partial charge on any atom is 0.309 e. The third kappa shape index (κ3) is 31.6. The normalized spacial score (nSPS) is 12.4. The van der Waals surface area contributed by atoms with E-state index >= 15 is 0 Å². The summed E-state index contributed by atoms with van der Waals surface area (Å²) in [5.74, 6) is -0.672. The van der Waals surface area contributed by atoms with Crippen LogP contribution in [0.3, 0.4) is 0 Å². The Labute approximate surface area is 325 Å². The van der Waals surface area contributed by atoms with Gasteiger partial charge in [-0.15, -0.1) is 0 Å². The second-order valence-corrected chi connectivity index (χ2v) is 15.3. The van der Waals surface area contributed by atoms with Crippen LogP contribution in [0.4, 0.5) is 0 Å². The summed E-state index contributed by atoms with van der Waals surface area (Å²) in [4.78, 5) is 38.8. The molecule has 306 valence electrons. The number of hydrogen-bond donors (Lipinski definition) is 1. The van der Waals surface area contributed by atoms with Crippen LogP contribution in [0.15, 0.2) is 30.3 Å². The van der Waals surface area contributed by atoms with E-state index in [9.17, 15) is 14.4 Å². The monoisotopic (exact) mass is 744 g/mol. The molecule has 1 N–H and O–H groups in total. The molecule has 1 rings (SSSR count). The standard InChI is InChI=1S/C46H81NO6/c1-4-7-10-13-15-17-18-20-21-24-30-35-44(48)47-42(39-51-38-41-32-27-26-28-33-41)40-52-46(50)37-43(34-29-23-12-9-6-3)53-45(49)36-31-25-22-19-16-14-11-8-5-2/h26-28,32-33,42-43H,4-25,29-31,34-40H2,1-3H3,(H,47,48)/t42-,43-/m1/s1. The number of ether oxygens (including phenoxy) is 3. The largest absolute Gasteiger partial charge is 0.463 e. The van der Waals surface area contributed by atoms with Crippen LogP contribution in [0.5, 0.6) is 0 Å². The Morgan fingerprint density at radius 3 is 1.55 bits per heavy atom. The minimum absolute atomic E-state index is 0.0211. The minimum Gasteiger partial charge on any atom is -0.463 e. The summed E-state index contributed by atoms with van der Waals surface area (Å²) < 4.78 is 17.5. The van der Waals surface area contributed by atoms with E-state index in [0.717, 1.165) is 69.8 Å². The second-order valence-electron chi connectivity index (χ2n) is 15.3. The number of carbonyl (C=O) groups excluding carboxylic acids is 3. The van der Waals surface area contributed by atoms with Gasteiger partial charge in [0.2, 0.25) is 5.91 Å². The fourth-order valence-electron chi connectivity index (χ4n) is 6.72. The first kappa shape index (κ1) is 48.6. The summed E-state index contributed by atoms with van der Waals surface area (Å²) in [6, 6.07) is 9.45. The first-order valence-corrected chi connectivity index (χ1v) is 22.2. The Bertz CT molecular complexity index is 985. The highest BCUT2D eigenvalue weighted by atomic mass is 16.6. The topological polar surface area (TPSA) is 90.9 Å². The maximum absolute atomic E-state index is 13.1. The van der Waals surface area contributed by atoms with E-state index in [-0.39, 0.29) is 31.5 Å². The SMILES string of the molecule is CCCCCCCCCCCCCC(=O)N[C@H](COCc1ccccc1)COC(=O)C[C@@H](CCCCCCC)OC(=O)CCCCCCCCCCC. The van der Waals surface area contributed by atoms with Gasteiger partial charge in [0.25, 0.3) is 0 Å². The van der Waals surface area contributed by atoms with Gasteiger partial charge in [0, 0.05) is 12.8 Å². The Morgan fingerprint density at radius 1 is 0.547 bits per heavy atom. The van der Waals surface area contributed by atoms with Gasteiger partial charge < -0.3 is 19.5 Å². The minimum atomic E-state index is -0.487. The molecule has 7 nitrogen and oxygen atoms in total. The molecule has 0 saturated heterocycles. The lowest BCUT2D eigenvalue weighted by Crippen LogP contribution is -2.42.